The number of amidine groups is 1. The largest absolute Gasteiger partial charge is 0.378 e. The van der Waals surface area contributed by atoms with E-state index in [1.54, 1.807) is 5.94 Å². The molecule has 0 spiro atoms. The number of nitrogens with zero attached hydrogens (tertiary/aromatic N) is 3. The first-order valence-corrected chi connectivity index (χ1v) is 11.6. The van der Waals surface area contributed by atoms with Crippen LogP contribution in [0.15, 0.2) is 41.4 Å². The van der Waals surface area contributed by atoms with Gasteiger partial charge in [-0.25, -0.2) is 9.80 Å². The standard InChI is InChI=1S/C27H33N5O2/c1-7-8-9-22(16(2)3)24-13-20(29-14-19(24)6)12-23-17(4)10-21(11-18(23)5)32-25(15-33)30-27(34)26(28)31-32/h9-11,13-14,16H,7-8,12H2,1-6H3,(H2,28,31)(H,30,34)/b22-9-. The van der Waals surface area contributed by atoms with Gasteiger partial charge in [-0.2, -0.15) is 0 Å². The molecule has 178 valence electrons. The molecule has 1 aliphatic rings. The number of nitrogens with two attached hydrogens (primary N) is 1. The van der Waals surface area contributed by atoms with Crippen molar-refractivity contribution in [2.24, 2.45) is 16.8 Å². The second kappa shape index (κ2) is 10.5. The molecule has 1 amide bonds. The molecule has 1 aromatic carbocycles. The van der Waals surface area contributed by atoms with Gasteiger partial charge < -0.3 is 5.73 Å². The summed E-state index contributed by atoms with van der Waals surface area (Å²) in [4.78, 5) is 27.8. The fourth-order valence-electron chi connectivity index (χ4n) is 4.17. The molecule has 0 saturated heterocycles. The van der Waals surface area contributed by atoms with Crippen LogP contribution in [-0.2, 0) is 16.0 Å². The molecule has 0 saturated carbocycles. The second-order valence-electron chi connectivity index (χ2n) is 9.03. The zero-order valence-electron chi connectivity index (χ0n) is 20.8. The number of hydrogen-bond donors (Lipinski definition) is 2. The maximum atomic E-state index is 11.7. The molecule has 0 atom stereocenters. The summed E-state index contributed by atoms with van der Waals surface area (Å²) in [6, 6.07) is 6.05. The van der Waals surface area contributed by atoms with Crippen LogP contribution in [0.3, 0.4) is 0 Å². The van der Waals surface area contributed by atoms with E-state index in [0.717, 1.165) is 35.2 Å². The number of carbonyl (C=O) groups is 1. The molecule has 0 fully saturated rings. The van der Waals surface area contributed by atoms with E-state index in [-0.39, 0.29) is 11.7 Å². The first kappa shape index (κ1) is 24.9. The van der Waals surface area contributed by atoms with Gasteiger partial charge in [0.2, 0.25) is 11.7 Å². The van der Waals surface area contributed by atoms with Crippen molar-refractivity contribution in [2.45, 2.75) is 60.8 Å². The number of hydrogen-bond acceptors (Lipinski definition) is 6. The number of nitrogens with one attached hydrogen (secondary N) is 1. The lowest BCUT2D eigenvalue weighted by Crippen LogP contribution is -2.46. The second-order valence-corrected chi connectivity index (χ2v) is 9.03. The molecule has 0 aliphatic carbocycles. The molecule has 1 aliphatic heterocycles. The molecule has 0 radical (unpaired) electrons. The van der Waals surface area contributed by atoms with Gasteiger partial charge in [0.15, 0.2) is 5.94 Å². The Balaban J connectivity index is 1.97. The van der Waals surface area contributed by atoms with Crippen molar-refractivity contribution < 1.29 is 9.59 Å². The predicted octanol–water partition coefficient (Wildman–Crippen LogP) is 4.32. The number of allylic oxidation sites excluding steroid dienone is 2. The summed E-state index contributed by atoms with van der Waals surface area (Å²) in [5.74, 6) is 1.24. The number of aryl methyl sites for hydroxylation is 3. The van der Waals surface area contributed by atoms with Crippen molar-refractivity contribution in [3.63, 3.8) is 0 Å². The lowest BCUT2D eigenvalue weighted by atomic mass is 9.90. The Labute approximate surface area is 201 Å². The van der Waals surface area contributed by atoms with Gasteiger partial charge in [-0.3, -0.25) is 15.1 Å². The third-order valence-corrected chi connectivity index (χ3v) is 6.01. The number of unbranched alkanes of at least 4 members (excludes halogenated alkanes) is 1. The first-order chi connectivity index (χ1) is 16.2. The van der Waals surface area contributed by atoms with Crippen LogP contribution >= 0.6 is 0 Å². The number of benzene rings is 1. The summed E-state index contributed by atoms with van der Waals surface area (Å²) in [5.41, 5.74) is 14.3. The quantitative estimate of drug-likeness (QED) is 0.601. The fourth-order valence-corrected chi connectivity index (χ4v) is 4.17. The third-order valence-electron chi connectivity index (χ3n) is 6.01. The molecule has 3 N–H and O–H groups in total. The van der Waals surface area contributed by atoms with E-state index in [2.05, 4.69) is 50.3 Å². The van der Waals surface area contributed by atoms with Crippen molar-refractivity contribution in [1.29, 1.82) is 0 Å². The van der Waals surface area contributed by atoms with E-state index in [1.165, 1.54) is 21.7 Å². The van der Waals surface area contributed by atoms with Gasteiger partial charge >= 0.3 is 0 Å². The Kier molecular flexibility index (Phi) is 7.69. The van der Waals surface area contributed by atoms with E-state index in [9.17, 15) is 9.59 Å². The summed E-state index contributed by atoms with van der Waals surface area (Å²) in [7, 11) is 0. The number of aromatic nitrogens is 1. The SMILES string of the molecule is CCC/C=C(\c1cc(Cc2c(C)cc(N3N=C(N)C(=O)NC3=C=O)cc2C)ncc1C)C(C)C. The van der Waals surface area contributed by atoms with Crippen molar-refractivity contribution in [2.75, 3.05) is 5.01 Å². The Morgan fingerprint density at radius 1 is 1.18 bits per heavy atom. The highest BCUT2D eigenvalue weighted by molar-refractivity contribution is 6.38. The number of rotatable bonds is 7. The molecule has 0 bridgehead atoms. The van der Waals surface area contributed by atoms with Gasteiger partial charge in [0.1, 0.15) is 0 Å². The van der Waals surface area contributed by atoms with Crippen LogP contribution in [0.2, 0.25) is 0 Å². The van der Waals surface area contributed by atoms with E-state index < -0.39 is 5.91 Å². The number of carbonyl (C=O) groups excluding carboxylic acids is 2. The normalized spacial score (nSPS) is 14.3. The van der Waals surface area contributed by atoms with Crippen LogP contribution in [0, 0.1) is 26.7 Å². The van der Waals surface area contributed by atoms with Gasteiger partial charge in [0.05, 0.1) is 5.69 Å². The van der Waals surface area contributed by atoms with Crippen LogP contribution in [-0.4, -0.2) is 22.7 Å². The highest BCUT2D eigenvalue weighted by atomic mass is 16.2. The molecule has 7 nitrogen and oxygen atoms in total. The summed E-state index contributed by atoms with van der Waals surface area (Å²) in [5, 5.41) is 7.78. The summed E-state index contributed by atoms with van der Waals surface area (Å²) in [6.45, 7) is 12.8. The maximum Gasteiger partial charge on any atom is 0.294 e. The highest BCUT2D eigenvalue weighted by Crippen LogP contribution is 2.30. The van der Waals surface area contributed by atoms with E-state index >= 15 is 0 Å². The predicted molar refractivity (Wildman–Crippen MR) is 137 cm³/mol. The summed E-state index contributed by atoms with van der Waals surface area (Å²) in [6.07, 6.45) is 7.18. The van der Waals surface area contributed by atoms with E-state index in [0.29, 0.717) is 18.0 Å². The van der Waals surface area contributed by atoms with Crippen molar-refractivity contribution in [3.05, 3.63) is 69.8 Å². The van der Waals surface area contributed by atoms with Crippen LogP contribution in [0.4, 0.5) is 5.69 Å². The fraction of sp³-hybridized carbons (Fsp3) is 0.370. The smallest absolute Gasteiger partial charge is 0.294 e. The molecule has 1 aromatic heterocycles. The van der Waals surface area contributed by atoms with Gasteiger partial charge in [-0.1, -0.05) is 33.3 Å². The number of pyridine rings is 1. The number of anilines is 1. The maximum absolute atomic E-state index is 11.7. The van der Waals surface area contributed by atoms with Crippen molar-refractivity contribution in [1.82, 2.24) is 10.3 Å². The Hall–Kier alpha value is -3.70. The number of amides is 1. The van der Waals surface area contributed by atoms with E-state index in [1.807, 2.05) is 32.2 Å². The van der Waals surface area contributed by atoms with Gasteiger partial charge in [-0.15, -0.1) is 5.10 Å². The zero-order valence-corrected chi connectivity index (χ0v) is 20.8. The topological polar surface area (TPSA) is 101 Å². The lowest BCUT2D eigenvalue weighted by molar-refractivity contribution is -0.114. The van der Waals surface area contributed by atoms with Crippen LogP contribution in [0.25, 0.3) is 5.57 Å². The minimum Gasteiger partial charge on any atom is -0.378 e. The van der Waals surface area contributed by atoms with Gasteiger partial charge in [0, 0.05) is 18.3 Å². The van der Waals surface area contributed by atoms with Gasteiger partial charge in [-0.05, 0) is 84.7 Å². The average molecular weight is 460 g/mol. The molecule has 7 heteroatoms. The highest BCUT2D eigenvalue weighted by Gasteiger charge is 2.25. The molecule has 34 heavy (non-hydrogen) atoms. The third kappa shape index (κ3) is 5.26. The summed E-state index contributed by atoms with van der Waals surface area (Å²) >= 11 is 0. The van der Waals surface area contributed by atoms with Crippen LogP contribution in [0.5, 0.6) is 0 Å². The molecule has 2 heterocycles. The first-order valence-electron chi connectivity index (χ1n) is 11.6. The lowest BCUT2D eigenvalue weighted by Gasteiger charge is -2.25. The monoisotopic (exact) mass is 459 g/mol. The molecule has 3 rings (SSSR count). The summed E-state index contributed by atoms with van der Waals surface area (Å²) < 4.78 is 0. The van der Waals surface area contributed by atoms with Gasteiger partial charge in [0.25, 0.3) is 5.91 Å². The molecular weight excluding hydrogens is 426 g/mol. The Bertz CT molecular complexity index is 1200. The van der Waals surface area contributed by atoms with E-state index in [4.69, 9.17) is 10.7 Å². The molecule has 2 aromatic rings. The molecular formula is C27H33N5O2. The molecule has 0 unspecified atom stereocenters. The minimum absolute atomic E-state index is 0.0873. The number of hydrazone groups is 1. The average Bonchev–Trinajstić information content (AvgIpc) is 2.79. The zero-order chi connectivity index (χ0) is 25.0. The van der Waals surface area contributed by atoms with Crippen LogP contribution in [0.1, 0.15) is 67.1 Å². The van der Waals surface area contributed by atoms with Crippen LogP contribution < -0.4 is 16.1 Å². The Morgan fingerprint density at radius 2 is 1.85 bits per heavy atom. The van der Waals surface area contributed by atoms with Crippen molar-refractivity contribution in [3.8, 4) is 0 Å². The Morgan fingerprint density at radius 3 is 2.44 bits per heavy atom. The van der Waals surface area contributed by atoms with Crippen molar-refractivity contribution >= 4 is 28.9 Å². The minimum atomic E-state index is -0.616.